The summed E-state index contributed by atoms with van der Waals surface area (Å²) < 4.78 is 0. The average molecular weight is 572 g/mol. The number of rotatable bonds is 5. The molecule has 0 spiro atoms. The van der Waals surface area contributed by atoms with Crippen molar-refractivity contribution in [3.63, 3.8) is 0 Å². The molecule has 44 heavy (non-hydrogen) atoms. The first-order chi connectivity index (χ1) is 21.8. The Morgan fingerprint density at radius 1 is 0.682 bits per heavy atom. The van der Waals surface area contributed by atoms with Crippen LogP contribution in [0.4, 0.5) is 0 Å². The highest BCUT2D eigenvalue weighted by Gasteiger charge is 2.28. The maximum absolute atomic E-state index is 5.27. The highest BCUT2D eigenvalue weighted by molar-refractivity contribution is 5.96. The molecule has 3 nitrogen and oxygen atoms in total. The van der Waals surface area contributed by atoms with Crippen LogP contribution in [0.25, 0.3) is 45.2 Å². The van der Waals surface area contributed by atoms with E-state index in [2.05, 4.69) is 115 Å². The fourth-order valence-electron chi connectivity index (χ4n) is 7.19. The lowest BCUT2D eigenvalue weighted by molar-refractivity contribution is 0.638. The van der Waals surface area contributed by atoms with Crippen molar-refractivity contribution in [2.24, 2.45) is 5.92 Å². The van der Waals surface area contributed by atoms with E-state index in [9.17, 15) is 0 Å². The molecule has 0 saturated carbocycles. The van der Waals surface area contributed by atoms with Crippen LogP contribution < -0.4 is 0 Å². The standard InChI is InChI=1S/C41H37N3/c1-5-13-28(14-6-1)35-26-37(30-15-7-2-8-16-30)42-36-24-23-29-21-22-33(25-34(29)40(35)36)41-43-38(31-17-9-3-10-18-31)27-39(44-41)32-19-11-4-12-20-32/h1-2,5-9,13-17,19,22-27,29,31H,3-4,10-12,18,20-21H2. The zero-order valence-electron chi connectivity index (χ0n) is 25.1. The Labute approximate surface area is 260 Å². The van der Waals surface area contributed by atoms with Crippen molar-refractivity contribution in [2.45, 2.75) is 57.3 Å². The van der Waals surface area contributed by atoms with Crippen LogP contribution in [-0.4, -0.2) is 15.0 Å². The fraction of sp³-hybridized carbons (Fsp3) is 0.244. The van der Waals surface area contributed by atoms with Gasteiger partial charge in [-0.05, 0) is 97.9 Å². The Hall–Kier alpha value is -4.63. The van der Waals surface area contributed by atoms with Gasteiger partial charge in [0.05, 0.1) is 22.8 Å². The van der Waals surface area contributed by atoms with Gasteiger partial charge in [-0.15, -0.1) is 0 Å². The van der Waals surface area contributed by atoms with Gasteiger partial charge < -0.3 is 0 Å². The minimum atomic E-state index is 0.308. The number of pyridine rings is 1. The Kier molecular flexibility index (Phi) is 7.23. The molecule has 216 valence electrons. The Balaban J connectivity index is 1.27. The Morgan fingerprint density at radius 2 is 1.52 bits per heavy atom. The van der Waals surface area contributed by atoms with Gasteiger partial charge in [0, 0.05) is 28.5 Å². The maximum Gasteiger partial charge on any atom is 0.159 e. The van der Waals surface area contributed by atoms with E-state index < -0.39 is 0 Å². The monoisotopic (exact) mass is 571 g/mol. The minimum absolute atomic E-state index is 0.308. The molecule has 0 amide bonds. The average Bonchev–Trinajstić information content (AvgIpc) is 3.12. The molecule has 0 radical (unpaired) electrons. The first kappa shape index (κ1) is 27.0. The van der Waals surface area contributed by atoms with Crippen LogP contribution in [0.1, 0.15) is 85.8 Å². The van der Waals surface area contributed by atoms with Crippen LogP contribution in [0, 0.1) is 5.92 Å². The predicted octanol–water partition coefficient (Wildman–Crippen LogP) is 10.5. The first-order valence-electron chi connectivity index (χ1n) is 16.3. The topological polar surface area (TPSA) is 38.7 Å². The summed E-state index contributed by atoms with van der Waals surface area (Å²) in [5, 5.41) is 0. The summed E-state index contributed by atoms with van der Waals surface area (Å²) in [6, 6.07) is 25.8. The summed E-state index contributed by atoms with van der Waals surface area (Å²) in [5.41, 5.74) is 12.9. The molecule has 0 aliphatic heterocycles. The number of hydrogen-bond donors (Lipinski definition) is 0. The third-order valence-electron chi connectivity index (χ3n) is 9.54. The van der Waals surface area contributed by atoms with Crippen molar-refractivity contribution >= 4 is 22.8 Å². The summed E-state index contributed by atoms with van der Waals surface area (Å²) in [4.78, 5) is 15.7. The first-order valence-corrected chi connectivity index (χ1v) is 16.3. The molecule has 4 aliphatic carbocycles. The molecule has 2 heterocycles. The van der Waals surface area contributed by atoms with Crippen LogP contribution in [0.2, 0.25) is 0 Å². The summed E-state index contributed by atoms with van der Waals surface area (Å²) in [5.74, 6) is 1.53. The minimum Gasteiger partial charge on any atom is -0.248 e. The molecular weight excluding hydrogens is 534 g/mol. The predicted molar refractivity (Wildman–Crippen MR) is 182 cm³/mol. The lowest BCUT2D eigenvalue weighted by Gasteiger charge is -2.28. The van der Waals surface area contributed by atoms with Gasteiger partial charge >= 0.3 is 0 Å². The van der Waals surface area contributed by atoms with Gasteiger partial charge in [0.15, 0.2) is 5.82 Å². The third-order valence-corrected chi connectivity index (χ3v) is 9.54. The van der Waals surface area contributed by atoms with E-state index in [1.54, 1.807) is 0 Å². The lowest BCUT2D eigenvalue weighted by Crippen LogP contribution is -2.14. The van der Waals surface area contributed by atoms with E-state index in [0.29, 0.717) is 11.8 Å². The van der Waals surface area contributed by atoms with Crippen LogP contribution in [-0.2, 0) is 0 Å². The van der Waals surface area contributed by atoms with Gasteiger partial charge in [-0.25, -0.2) is 15.0 Å². The normalized spacial score (nSPS) is 20.7. The quantitative estimate of drug-likeness (QED) is 0.224. The van der Waals surface area contributed by atoms with Gasteiger partial charge in [-0.2, -0.15) is 0 Å². The molecule has 2 aromatic carbocycles. The van der Waals surface area contributed by atoms with Crippen LogP contribution >= 0.6 is 0 Å². The van der Waals surface area contributed by atoms with Crippen molar-refractivity contribution in [3.8, 4) is 22.4 Å². The molecule has 0 fully saturated rings. The highest BCUT2D eigenvalue weighted by Crippen LogP contribution is 2.45. The van der Waals surface area contributed by atoms with E-state index in [0.717, 1.165) is 65.4 Å². The Bertz CT molecular complexity index is 1860. The van der Waals surface area contributed by atoms with Gasteiger partial charge in [0.2, 0.25) is 0 Å². The summed E-state index contributed by atoms with van der Waals surface area (Å²) >= 11 is 0. The maximum atomic E-state index is 5.27. The number of nitrogens with zero attached hydrogens (tertiary/aromatic N) is 3. The van der Waals surface area contributed by atoms with E-state index in [1.165, 1.54) is 53.5 Å². The zero-order valence-corrected chi connectivity index (χ0v) is 25.1. The SMILES string of the molecule is C1=CC(c2cc(C3=CCCCC3)nc(C3=CCC4C=Cc5nc(-c6ccccc6)cc(-c6ccccc6)c5C4=C3)n2)CCC1. The Morgan fingerprint density at radius 3 is 2.30 bits per heavy atom. The van der Waals surface area contributed by atoms with Crippen molar-refractivity contribution in [2.75, 3.05) is 0 Å². The summed E-state index contributed by atoms with van der Waals surface area (Å²) in [7, 11) is 0. The van der Waals surface area contributed by atoms with Gasteiger partial charge in [-0.3, -0.25) is 0 Å². The number of aromatic nitrogens is 3. The molecule has 4 aliphatic rings. The zero-order chi connectivity index (χ0) is 29.3. The van der Waals surface area contributed by atoms with Crippen molar-refractivity contribution in [1.82, 2.24) is 15.0 Å². The van der Waals surface area contributed by atoms with Crippen LogP contribution in [0.3, 0.4) is 0 Å². The van der Waals surface area contributed by atoms with E-state index in [1.807, 2.05) is 0 Å². The highest BCUT2D eigenvalue weighted by atomic mass is 14.9. The molecule has 0 bridgehead atoms. The second-order valence-corrected chi connectivity index (χ2v) is 12.5. The molecule has 3 heteroatoms. The molecule has 4 aromatic rings. The fourth-order valence-corrected chi connectivity index (χ4v) is 7.19. The molecule has 2 unspecified atom stereocenters. The van der Waals surface area contributed by atoms with Crippen LogP contribution in [0.5, 0.6) is 0 Å². The molecule has 0 N–H and O–H groups in total. The van der Waals surface area contributed by atoms with E-state index in [-0.39, 0.29) is 0 Å². The van der Waals surface area contributed by atoms with Gasteiger partial charge in [0.1, 0.15) is 0 Å². The summed E-state index contributed by atoms with van der Waals surface area (Å²) in [6.45, 7) is 0. The second kappa shape index (κ2) is 11.8. The number of allylic oxidation sites excluding steroid dienone is 9. The molecule has 2 aromatic heterocycles. The third kappa shape index (κ3) is 5.21. The van der Waals surface area contributed by atoms with Crippen molar-refractivity contribution < 1.29 is 0 Å². The van der Waals surface area contributed by atoms with E-state index >= 15 is 0 Å². The van der Waals surface area contributed by atoms with Crippen LogP contribution in [0.15, 0.2) is 109 Å². The van der Waals surface area contributed by atoms with Crippen molar-refractivity contribution in [3.05, 3.63) is 138 Å². The van der Waals surface area contributed by atoms with E-state index in [4.69, 9.17) is 15.0 Å². The molecule has 2 atom stereocenters. The second-order valence-electron chi connectivity index (χ2n) is 12.5. The lowest BCUT2D eigenvalue weighted by atomic mass is 9.77. The largest absolute Gasteiger partial charge is 0.248 e. The molecule has 0 saturated heterocycles. The number of fused-ring (bicyclic) bond motifs is 3. The molecular formula is C41H37N3. The van der Waals surface area contributed by atoms with Gasteiger partial charge in [0.25, 0.3) is 0 Å². The number of benzene rings is 2. The van der Waals surface area contributed by atoms with Gasteiger partial charge in [-0.1, -0.05) is 91.0 Å². The molecule has 8 rings (SSSR count). The summed E-state index contributed by atoms with van der Waals surface area (Å²) in [6.07, 6.45) is 25.6. The smallest absolute Gasteiger partial charge is 0.159 e. The number of hydrogen-bond acceptors (Lipinski definition) is 3. The van der Waals surface area contributed by atoms with Crippen molar-refractivity contribution in [1.29, 1.82) is 0 Å².